The molecule has 5 rings (SSSR count). The van der Waals surface area contributed by atoms with Gasteiger partial charge in [0.25, 0.3) is 5.91 Å². The van der Waals surface area contributed by atoms with E-state index in [4.69, 9.17) is 9.47 Å². The molecular formula is C33H33N3O4. The summed E-state index contributed by atoms with van der Waals surface area (Å²) in [4.78, 5) is 27.5. The van der Waals surface area contributed by atoms with Gasteiger partial charge < -0.3 is 14.4 Å². The third-order valence-electron chi connectivity index (χ3n) is 6.85. The van der Waals surface area contributed by atoms with E-state index >= 15 is 0 Å². The summed E-state index contributed by atoms with van der Waals surface area (Å²) >= 11 is 0. The smallest absolute Gasteiger partial charge is 0.280 e. The van der Waals surface area contributed by atoms with Gasteiger partial charge in [0.2, 0.25) is 6.10 Å². The minimum Gasteiger partial charge on any atom is -0.489 e. The van der Waals surface area contributed by atoms with Crippen LogP contribution >= 0.6 is 0 Å². The molecule has 0 radical (unpaired) electrons. The van der Waals surface area contributed by atoms with E-state index in [0.29, 0.717) is 48.7 Å². The van der Waals surface area contributed by atoms with Crippen molar-refractivity contribution in [2.45, 2.75) is 12.5 Å². The van der Waals surface area contributed by atoms with Crippen molar-refractivity contribution in [1.82, 2.24) is 10.4 Å². The van der Waals surface area contributed by atoms with Gasteiger partial charge in [0.15, 0.2) is 11.5 Å². The van der Waals surface area contributed by atoms with Gasteiger partial charge in [0, 0.05) is 49.4 Å². The molecule has 40 heavy (non-hydrogen) atoms. The molecule has 1 saturated heterocycles. The van der Waals surface area contributed by atoms with Crippen molar-refractivity contribution in [1.29, 1.82) is 0 Å². The number of nitrogens with zero attached hydrogens (tertiary/aromatic N) is 2. The number of hydrogen-bond acceptors (Lipinski definition) is 6. The van der Waals surface area contributed by atoms with Crippen molar-refractivity contribution in [3.8, 4) is 11.5 Å². The number of benzene rings is 4. The molecule has 1 amide bonds. The topological polar surface area (TPSA) is 71.1 Å². The first-order valence-electron chi connectivity index (χ1n) is 13.5. The van der Waals surface area contributed by atoms with Crippen molar-refractivity contribution < 1.29 is 19.1 Å². The second-order valence-corrected chi connectivity index (χ2v) is 9.60. The predicted octanol–water partition coefficient (Wildman–Crippen LogP) is 5.09. The van der Waals surface area contributed by atoms with Crippen LogP contribution in [0.25, 0.3) is 0 Å². The van der Waals surface area contributed by atoms with Crippen LogP contribution in [0.2, 0.25) is 0 Å². The summed E-state index contributed by atoms with van der Waals surface area (Å²) in [6.07, 6.45) is 0.532. The Morgan fingerprint density at radius 2 is 1.45 bits per heavy atom. The number of hydrogen-bond donors (Lipinski definition) is 1. The minimum atomic E-state index is -0.938. The molecular weight excluding hydrogens is 502 g/mol. The van der Waals surface area contributed by atoms with E-state index < -0.39 is 6.10 Å². The molecule has 0 aliphatic carbocycles. The van der Waals surface area contributed by atoms with Crippen molar-refractivity contribution in [2.75, 3.05) is 37.7 Å². The van der Waals surface area contributed by atoms with Crippen LogP contribution < -0.4 is 19.8 Å². The Morgan fingerprint density at radius 3 is 2.12 bits per heavy atom. The molecule has 7 nitrogen and oxygen atoms in total. The second-order valence-electron chi connectivity index (χ2n) is 9.60. The van der Waals surface area contributed by atoms with Gasteiger partial charge in [-0.1, -0.05) is 78.9 Å². The first-order chi connectivity index (χ1) is 19.7. The Labute approximate surface area is 234 Å². The fourth-order valence-electron chi connectivity index (χ4n) is 4.69. The molecule has 0 spiro atoms. The fourth-order valence-corrected chi connectivity index (χ4v) is 4.69. The van der Waals surface area contributed by atoms with Crippen LogP contribution in [0.15, 0.2) is 109 Å². The zero-order chi connectivity index (χ0) is 27.6. The van der Waals surface area contributed by atoms with E-state index in [1.54, 1.807) is 18.2 Å². The van der Waals surface area contributed by atoms with Crippen LogP contribution in [-0.4, -0.2) is 50.0 Å². The lowest BCUT2D eigenvalue weighted by atomic mass is 10.1. The number of nitrogens with one attached hydrogen (secondary N) is 1. The molecule has 4 aromatic carbocycles. The molecule has 0 bridgehead atoms. The fraction of sp³-hybridized carbons (Fsp3) is 0.212. The summed E-state index contributed by atoms with van der Waals surface area (Å²) in [5, 5.41) is 1.93. The van der Waals surface area contributed by atoms with Crippen molar-refractivity contribution in [3.05, 3.63) is 126 Å². The van der Waals surface area contributed by atoms with E-state index in [0.717, 1.165) is 24.9 Å². The highest BCUT2D eigenvalue weighted by Gasteiger charge is 2.27. The average molecular weight is 536 g/mol. The van der Waals surface area contributed by atoms with Crippen LogP contribution in [0.1, 0.15) is 27.6 Å². The van der Waals surface area contributed by atoms with Crippen molar-refractivity contribution in [2.24, 2.45) is 0 Å². The van der Waals surface area contributed by atoms with Crippen LogP contribution in [-0.2, 0) is 11.2 Å². The van der Waals surface area contributed by atoms with Gasteiger partial charge >= 0.3 is 0 Å². The molecule has 1 aliphatic heterocycles. The summed E-state index contributed by atoms with van der Waals surface area (Å²) < 4.78 is 12.4. The Morgan fingerprint density at radius 1 is 0.800 bits per heavy atom. The Hall–Kier alpha value is -4.62. The number of rotatable bonds is 11. The van der Waals surface area contributed by atoms with Gasteiger partial charge in [-0.2, -0.15) is 0 Å². The third kappa shape index (κ3) is 7.07. The number of anilines is 1. The molecule has 1 N–H and O–H groups in total. The van der Waals surface area contributed by atoms with Gasteiger partial charge in [-0.3, -0.25) is 15.0 Å². The van der Waals surface area contributed by atoms with E-state index in [2.05, 4.69) is 22.5 Å². The normalized spacial score (nSPS) is 14.2. The van der Waals surface area contributed by atoms with Gasteiger partial charge in [-0.25, -0.2) is 5.01 Å². The Bertz CT molecular complexity index is 1370. The van der Waals surface area contributed by atoms with E-state index in [1.807, 2.05) is 83.9 Å². The Kier molecular flexibility index (Phi) is 9.06. The number of carbonyl (C=O) groups excluding carboxylic acids is 2. The van der Waals surface area contributed by atoms with Crippen molar-refractivity contribution >= 4 is 17.9 Å². The maximum Gasteiger partial charge on any atom is 0.280 e. The van der Waals surface area contributed by atoms with Crippen LogP contribution in [0.4, 0.5) is 5.69 Å². The highest BCUT2D eigenvalue weighted by Crippen LogP contribution is 2.33. The predicted molar refractivity (Wildman–Crippen MR) is 156 cm³/mol. The zero-order valence-corrected chi connectivity index (χ0v) is 22.3. The van der Waals surface area contributed by atoms with Crippen LogP contribution in [0.3, 0.4) is 0 Å². The maximum absolute atomic E-state index is 13.6. The quantitative estimate of drug-likeness (QED) is 0.270. The van der Waals surface area contributed by atoms with Crippen molar-refractivity contribution in [3.63, 3.8) is 0 Å². The van der Waals surface area contributed by atoms with E-state index in [9.17, 15) is 9.59 Å². The number of piperazine rings is 1. The SMILES string of the molecule is O=Cc1ccc(OCCc2ccccc2)c(OC(C(=O)NN2CCN(c3ccccc3)CC2)c2ccccc2)c1. The summed E-state index contributed by atoms with van der Waals surface area (Å²) in [5.74, 6) is 0.536. The molecule has 1 fully saturated rings. The van der Waals surface area contributed by atoms with Crippen LogP contribution in [0, 0.1) is 0 Å². The first-order valence-corrected chi connectivity index (χ1v) is 13.5. The molecule has 1 aliphatic rings. The molecule has 1 atom stereocenters. The number of para-hydroxylation sites is 1. The summed E-state index contributed by atoms with van der Waals surface area (Å²) in [6.45, 7) is 3.37. The summed E-state index contributed by atoms with van der Waals surface area (Å²) in [6, 6.07) is 34.7. The summed E-state index contributed by atoms with van der Waals surface area (Å²) in [7, 11) is 0. The minimum absolute atomic E-state index is 0.286. The van der Waals surface area contributed by atoms with E-state index in [1.165, 1.54) is 5.69 Å². The molecule has 7 heteroatoms. The molecule has 1 unspecified atom stereocenters. The van der Waals surface area contributed by atoms with Gasteiger partial charge in [0.1, 0.15) is 6.29 Å². The Balaban J connectivity index is 1.29. The highest BCUT2D eigenvalue weighted by atomic mass is 16.5. The monoisotopic (exact) mass is 535 g/mol. The molecule has 204 valence electrons. The lowest BCUT2D eigenvalue weighted by Gasteiger charge is -2.36. The maximum atomic E-state index is 13.6. The molecule has 4 aromatic rings. The van der Waals surface area contributed by atoms with Crippen LogP contribution in [0.5, 0.6) is 11.5 Å². The first kappa shape index (κ1) is 27.0. The number of amides is 1. The van der Waals surface area contributed by atoms with Gasteiger partial charge in [0.05, 0.1) is 6.61 Å². The lowest BCUT2D eigenvalue weighted by Crippen LogP contribution is -2.54. The average Bonchev–Trinajstić information content (AvgIpc) is 3.02. The third-order valence-corrected chi connectivity index (χ3v) is 6.85. The van der Waals surface area contributed by atoms with E-state index in [-0.39, 0.29) is 5.91 Å². The number of carbonyl (C=O) groups is 2. The zero-order valence-electron chi connectivity index (χ0n) is 22.3. The highest BCUT2D eigenvalue weighted by molar-refractivity contribution is 5.82. The van der Waals surface area contributed by atoms with Gasteiger partial charge in [-0.15, -0.1) is 0 Å². The number of ether oxygens (including phenoxy) is 2. The summed E-state index contributed by atoms with van der Waals surface area (Å²) in [5.41, 5.74) is 6.53. The molecule has 0 saturated carbocycles. The molecule has 1 heterocycles. The number of aldehydes is 1. The standard InChI is InChI=1S/C33H33N3O4/c37-25-27-16-17-30(39-23-18-26-10-4-1-5-11-26)31(24-27)40-32(28-12-6-2-7-13-28)33(38)34-36-21-19-35(20-22-36)29-14-8-3-9-15-29/h1-17,24-25,32H,18-23H2,(H,34,38). The largest absolute Gasteiger partial charge is 0.489 e. The lowest BCUT2D eigenvalue weighted by molar-refractivity contribution is -0.133. The second kappa shape index (κ2) is 13.4. The molecule has 0 aromatic heterocycles. The number of hydrazine groups is 1. The van der Waals surface area contributed by atoms with Gasteiger partial charge in [-0.05, 0) is 35.9 Å².